The first-order valence-corrected chi connectivity index (χ1v) is 8.79. The van der Waals surface area contributed by atoms with E-state index in [4.69, 9.17) is 16.1 Å². The van der Waals surface area contributed by atoms with Crippen LogP contribution < -0.4 is 0 Å². The SMILES string of the molecule is CS(=O)(=O)c1ccc(Cc2noc(C3CC3)c2O)c(Cl)c1. The molecule has 1 heterocycles. The molecule has 0 radical (unpaired) electrons. The second-order valence-electron chi connectivity index (χ2n) is 5.32. The summed E-state index contributed by atoms with van der Waals surface area (Å²) in [4.78, 5) is 0.166. The molecule has 1 fully saturated rings. The van der Waals surface area contributed by atoms with Crippen molar-refractivity contribution in [3.05, 3.63) is 40.2 Å². The van der Waals surface area contributed by atoms with Crippen molar-refractivity contribution in [3.8, 4) is 5.75 Å². The lowest BCUT2D eigenvalue weighted by Gasteiger charge is -2.05. The number of hydrogen-bond acceptors (Lipinski definition) is 5. The molecule has 0 unspecified atom stereocenters. The summed E-state index contributed by atoms with van der Waals surface area (Å²) in [5.41, 5.74) is 1.11. The molecule has 0 bridgehead atoms. The van der Waals surface area contributed by atoms with Crippen LogP contribution in [0.1, 0.15) is 35.8 Å². The van der Waals surface area contributed by atoms with Crippen molar-refractivity contribution in [2.75, 3.05) is 6.26 Å². The fourth-order valence-corrected chi connectivity index (χ4v) is 3.10. The first-order valence-electron chi connectivity index (χ1n) is 6.52. The smallest absolute Gasteiger partial charge is 0.182 e. The zero-order chi connectivity index (χ0) is 15.2. The minimum atomic E-state index is -3.29. The van der Waals surface area contributed by atoms with E-state index in [1.807, 2.05) is 0 Å². The van der Waals surface area contributed by atoms with Crippen LogP contribution in [0, 0.1) is 0 Å². The molecule has 0 aliphatic heterocycles. The van der Waals surface area contributed by atoms with Gasteiger partial charge in [0.1, 0.15) is 5.69 Å². The molecule has 1 aliphatic carbocycles. The van der Waals surface area contributed by atoms with Gasteiger partial charge in [-0.05, 0) is 30.5 Å². The van der Waals surface area contributed by atoms with Crippen molar-refractivity contribution >= 4 is 21.4 Å². The Morgan fingerprint density at radius 1 is 1.43 bits per heavy atom. The molecule has 1 N–H and O–H groups in total. The van der Waals surface area contributed by atoms with Crippen LogP contribution in [-0.2, 0) is 16.3 Å². The van der Waals surface area contributed by atoms with Crippen molar-refractivity contribution in [2.45, 2.75) is 30.1 Å². The summed E-state index contributed by atoms with van der Waals surface area (Å²) in [5.74, 6) is 0.893. The predicted molar refractivity (Wildman–Crippen MR) is 77.5 cm³/mol. The van der Waals surface area contributed by atoms with Gasteiger partial charge < -0.3 is 9.63 Å². The molecular weight excluding hydrogens is 314 g/mol. The van der Waals surface area contributed by atoms with Crippen molar-refractivity contribution < 1.29 is 18.0 Å². The van der Waals surface area contributed by atoms with Crippen molar-refractivity contribution in [1.29, 1.82) is 0 Å². The fourth-order valence-electron chi connectivity index (χ4n) is 2.14. The van der Waals surface area contributed by atoms with E-state index in [9.17, 15) is 13.5 Å². The van der Waals surface area contributed by atoms with Gasteiger partial charge in [-0.15, -0.1) is 0 Å². The first-order chi connectivity index (χ1) is 9.86. The highest BCUT2D eigenvalue weighted by atomic mass is 35.5. The third kappa shape index (κ3) is 2.91. The zero-order valence-corrected chi connectivity index (χ0v) is 12.9. The normalized spacial score (nSPS) is 15.3. The summed E-state index contributed by atoms with van der Waals surface area (Å²) in [6, 6.07) is 4.53. The van der Waals surface area contributed by atoms with E-state index < -0.39 is 9.84 Å². The summed E-state index contributed by atoms with van der Waals surface area (Å²) < 4.78 is 28.1. The van der Waals surface area contributed by atoms with E-state index in [0.29, 0.717) is 28.5 Å². The van der Waals surface area contributed by atoms with Gasteiger partial charge in [0, 0.05) is 23.6 Å². The van der Waals surface area contributed by atoms with Gasteiger partial charge in [0.05, 0.1) is 4.90 Å². The molecule has 0 amide bonds. The molecule has 1 aromatic heterocycles. The van der Waals surface area contributed by atoms with E-state index in [2.05, 4.69) is 5.16 Å². The number of aromatic nitrogens is 1. The standard InChI is InChI=1S/C14H14ClNO4S/c1-21(18,19)10-5-4-9(11(15)7-10)6-12-13(17)14(20-16-12)8-2-3-8/h4-5,7-8,17H,2-3,6H2,1H3. The van der Waals surface area contributed by atoms with Crippen LogP contribution in [-0.4, -0.2) is 24.9 Å². The summed E-state index contributed by atoms with van der Waals surface area (Å²) in [7, 11) is -3.29. The van der Waals surface area contributed by atoms with Crippen molar-refractivity contribution in [2.24, 2.45) is 0 Å². The van der Waals surface area contributed by atoms with Crippen LogP contribution in [0.3, 0.4) is 0 Å². The minimum Gasteiger partial charge on any atom is -0.503 e. The molecule has 112 valence electrons. The van der Waals surface area contributed by atoms with E-state index in [1.165, 1.54) is 12.1 Å². The van der Waals surface area contributed by atoms with Gasteiger partial charge in [-0.2, -0.15) is 0 Å². The Hall–Kier alpha value is -1.53. The number of rotatable bonds is 4. The second-order valence-corrected chi connectivity index (χ2v) is 7.74. The van der Waals surface area contributed by atoms with Gasteiger partial charge in [0.25, 0.3) is 0 Å². The Kier molecular flexibility index (Phi) is 3.45. The second kappa shape index (κ2) is 5.03. The van der Waals surface area contributed by atoms with E-state index >= 15 is 0 Å². The number of aromatic hydroxyl groups is 1. The molecule has 0 atom stereocenters. The molecule has 1 aliphatic rings. The Morgan fingerprint density at radius 2 is 2.14 bits per heavy atom. The highest BCUT2D eigenvalue weighted by Gasteiger charge is 2.32. The van der Waals surface area contributed by atoms with Crippen LogP contribution in [0.5, 0.6) is 5.75 Å². The van der Waals surface area contributed by atoms with Gasteiger partial charge in [-0.3, -0.25) is 0 Å². The van der Waals surface area contributed by atoms with Crippen LogP contribution in [0.15, 0.2) is 27.6 Å². The summed E-state index contributed by atoms with van der Waals surface area (Å²) in [5, 5.41) is 14.3. The van der Waals surface area contributed by atoms with Crippen LogP contribution in [0.4, 0.5) is 0 Å². The van der Waals surface area contributed by atoms with E-state index in [0.717, 1.165) is 19.1 Å². The quantitative estimate of drug-likeness (QED) is 0.933. The molecule has 21 heavy (non-hydrogen) atoms. The third-order valence-electron chi connectivity index (χ3n) is 3.52. The highest BCUT2D eigenvalue weighted by molar-refractivity contribution is 7.90. The summed E-state index contributed by atoms with van der Waals surface area (Å²) in [6.07, 6.45) is 3.44. The minimum absolute atomic E-state index is 0.0840. The zero-order valence-electron chi connectivity index (χ0n) is 11.3. The maximum Gasteiger partial charge on any atom is 0.182 e. The lowest BCUT2D eigenvalue weighted by Crippen LogP contribution is -1.98. The molecule has 1 aromatic carbocycles. The third-order valence-corrected chi connectivity index (χ3v) is 4.98. The molecule has 1 saturated carbocycles. The Labute approximate surface area is 127 Å². The van der Waals surface area contributed by atoms with Gasteiger partial charge >= 0.3 is 0 Å². The summed E-state index contributed by atoms with van der Waals surface area (Å²) in [6.45, 7) is 0. The molecule has 3 rings (SSSR count). The average Bonchev–Trinajstić information content (AvgIpc) is 3.17. The van der Waals surface area contributed by atoms with Crippen LogP contribution >= 0.6 is 11.6 Å². The lowest BCUT2D eigenvalue weighted by atomic mass is 10.1. The molecule has 5 nitrogen and oxygen atoms in total. The Bertz CT molecular complexity index is 793. The topological polar surface area (TPSA) is 80.4 Å². The van der Waals surface area contributed by atoms with Gasteiger partial charge in [-0.25, -0.2) is 8.42 Å². The monoisotopic (exact) mass is 327 g/mol. The van der Waals surface area contributed by atoms with E-state index in [1.54, 1.807) is 6.07 Å². The van der Waals surface area contributed by atoms with Gasteiger partial charge in [0.2, 0.25) is 0 Å². The summed E-state index contributed by atoms with van der Waals surface area (Å²) >= 11 is 6.11. The lowest BCUT2D eigenvalue weighted by molar-refractivity contribution is 0.368. The van der Waals surface area contributed by atoms with Gasteiger partial charge in [0.15, 0.2) is 21.3 Å². The van der Waals surface area contributed by atoms with E-state index in [-0.39, 0.29) is 16.6 Å². The first kappa shape index (κ1) is 14.4. The number of sulfone groups is 1. The average molecular weight is 328 g/mol. The van der Waals surface area contributed by atoms with Crippen LogP contribution in [0.25, 0.3) is 0 Å². The highest BCUT2D eigenvalue weighted by Crippen LogP contribution is 2.45. The maximum absolute atomic E-state index is 11.5. The maximum atomic E-state index is 11.5. The fraction of sp³-hybridized carbons (Fsp3) is 0.357. The molecular formula is C14H14ClNO4S. The molecule has 0 spiro atoms. The largest absolute Gasteiger partial charge is 0.503 e. The van der Waals surface area contributed by atoms with Crippen LogP contribution in [0.2, 0.25) is 5.02 Å². The Balaban J connectivity index is 1.88. The Morgan fingerprint density at radius 3 is 2.71 bits per heavy atom. The number of hydrogen-bond donors (Lipinski definition) is 1. The molecule has 0 saturated heterocycles. The number of nitrogens with zero attached hydrogens (tertiary/aromatic N) is 1. The van der Waals surface area contributed by atoms with Gasteiger partial charge in [-0.1, -0.05) is 22.8 Å². The van der Waals surface area contributed by atoms with Crippen molar-refractivity contribution in [3.63, 3.8) is 0 Å². The number of benzene rings is 1. The number of halogens is 1. The molecule has 7 heteroatoms. The predicted octanol–water partition coefficient (Wildman–Crippen LogP) is 2.91. The van der Waals surface area contributed by atoms with Crippen molar-refractivity contribution in [1.82, 2.24) is 5.16 Å². The molecule has 2 aromatic rings.